The van der Waals surface area contributed by atoms with Crippen molar-refractivity contribution in [1.82, 2.24) is 9.97 Å². The number of amides is 1. The third-order valence-corrected chi connectivity index (χ3v) is 4.05. The maximum Gasteiger partial charge on any atom is 0.225 e. The van der Waals surface area contributed by atoms with Gasteiger partial charge in [0, 0.05) is 22.9 Å². The third-order valence-electron chi connectivity index (χ3n) is 2.56. The highest BCUT2D eigenvalue weighted by atomic mass is 35.5. The van der Waals surface area contributed by atoms with Crippen molar-refractivity contribution < 1.29 is 4.79 Å². The number of aryl methyl sites for hydroxylation is 1. The molecule has 0 aliphatic heterocycles. The van der Waals surface area contributed by atoms with Gasteiger partial charge in [-0.2, -0.15) is 0 Å². The molecule has 0 saturated heterocycles. The molecule has 0 bridgehead atoms. The smallest absolute Gasteiger partial charge is 0.225 e. The first-order valence-electron chi connectivity index (χ1n) is 6.21. The third kappa shape index (κ3) is 5.19. The van der Waals surface area contributed by atoms with Crippen LogP contribution >= 0.6 is 35.0 Å². The number of anilines is 1. The summed E-state index contributed by atoms with van der Waals surface area (Å²) in [5.74, 6) is 0.512. The fourth-order valence-electron chi connectivity index (χ4n) is 1.56. The Labute approximate surface area is 137 Å². The van der Waals surface area contributed by atoms with Crippen molar-refractivity contribution in [3.63, 3.8) is 0 Å². The monoisotopic (exact) mass is 341 g/mol. The molecule has 0 fully saturated rings. The van der Waals surface area contributed by atoms with Crippen molar-refractivity contribution >= 4 is 46.6 Å². The molecular formula is C14H13Cl2N3OS. The van der Waals surface area contributed by atoms with Crippen molar-refractivity contribution in [3.8, 4) is 0 Å². The Hall–Kier alpha value is -1.30. The summed E-state index contributed by atoms with van der Waals surface area (Å²) < 4.78 is 0. The molecule has 1 heterocycles. The van der Waals surface area contributed by atoms with Crippen molar-refractivity contribution in [2.45, 2.75) is 18.4 Å². The van der Waals surface area contributed by atoms with E-state index in [0.717, 1.165) is 10.7 Å². The molecule has 2 rings (SSSR count). The molecule has 1 N–H and O–H groups in total. The van der Waals surface area contributed by atoms with Crippen LogP contribution in [0.3, 0.4) is 0 Å². The van der Waals surface area contributed by atoms with Gasteiger partial charge in [-0.15, -0.1) is 11.8 Å². The van der Waals surface area contributed by atoms with Crippen LogP contribution in [0.5, 0.6) is 0 Å². The Balaban J connectivity index is 1.84. The van der Waals surface area contributed by atoms with Gasteiger partial charge in [0.25, 0.3) is 0 Å². The number of aromatic nitrogens is 2. The van der Waals surface area contributed by atoms with E-state index >= 15 is 0 Å². The topological polar surface area (TPSA) is 54.9 Å². The molecule has 7 heteroatoms. The Morgan fingerprint density at radius 2 is 2.10 bits per heavy atom. The van der Waals surface area contributed by atoms with Gasteiger partial charge in [0.05, 0.1) is 15.7 Å². The minimum Gasteiger partial charge on any atom is -0.325 e. The fraction of sp³-hybridized carbons (Fsp3) is 0.214. The van der Waals surface area contributed by atoms with Crippen molar-refractivity contribution in [1.29, 1.82) is 0 Å². The predicted octanol–water partition coefficient (Wildman–Crippen LogP) is 4.21. The first-order valence-corrected chi connectivity index (χ1v) is 7.95. The molecule has 0 unspecified atom stereocenters. The maximum atomic E-state index is 11.9. The molecule has 1 amide bonds. The second kappa shape index (κ2) is 7.64. The number of benzene rings is 1. The van der Waals surface area contributed by atoms with E-state index in [1.165, 1.54) is 18.1 Å². The summed E-state index contributed by atoms with van der Waals surface area (Å²) in [6, 6.07) is 6.84. The van der Waals surface area contributed by atoms with Crippen LogP contribution in [0.25, 0.3) is 0 Å². The Kier molecular flexibility index (Phi) is 5.85. The predicted molar refractivity (Wildman–Crippen MR) is 87.2 cm³/mol. The molecule has 21 heavy (non-hydrogen) atoms. The number of hydrogen-bond acceptors (Lipinski definition) is 4. The average molecular weight is 342 g/mol. The molecule has 0 aliphatic rings. The van der Waals surface area contributed by atoms with Gasteiger partial charge in [-0.1, -0.05) is 23.2 Å². The van der Waals surface area contributed by atoms with Crippen LogP contribution in [0, 0.1) is 6.92 Å². The standard InChI is InChI=1S/C14H13Cl2N3OS/c1-9-6-14(18-8-17-9)21-5-4-13(20)19-12-7-10(15)2-3-11(12)16/h2-3,6-8H,4-5H2,1H3,(H,19,20). The van der Waals surface area contributed by atoms with E-state index < -0.39 is 0 Å². The van der Waals surface area contributed by atoms with E-state index in [-0.39, 0.29) is 5.91 Å². The van der Waals surface area contributed by atoms with Crippen LogP contribution in [0.4, 0.5) is 5.69 Å². The van der Waals surface area contributed by atoms with E-state index in [2.05, 4.69) is 15.3 Å². The number of rotatable bonds is 5. The van der Waals surface area contributed by atoms with Crippen molar-refractivity contribution in [2.24, 2.45) is 0 Å². The molecule has 0 atom stereocenters. The molecule has 1 aromatic heterocycles. The molecule has 0 spiro atoms. The summed E-state index contributed by atoms with van der Waals surface area (Å²) in [6.45, 7) is 1.90. The Bertz CT molecular complexity index is 652. The largest absolute Gasteiger partial charge is 0.325 e. The number of hydrogen-bond donors (Lipinski definition) is 1. The Morgan fingerprint density at radius 3 is 2.86 bits per heavy atom. The molecule has 0 saturated carbocycles. The summed E-state index contributed by atoms with van der Waals surface area (Å²) >= 11 is 13.4. The van der Waals surface area contributed by atoms with E-state index in [4.69, 9.17) is 23.2 Å². The lowest BCUT2D eigenvalue weighted by molar-refractivity contribution is -0.115. The molecule has 0 aliphatic carbocycles. The van der Waals surface area contributed by atoms with E-state index in [0.29, 0.717) is 27.9 Å². The summed E-state index contributed by atoms with van der Waals surface area (Å²) in [4.78, 5) is 20.0. The van der Waals surface area contributed by atoms with Gasteiger partial charge in [0.1, 0.15) is 6.33 Å². The molecule has 0 radical (unpaired) electrons. The molecule has 1 aromatic carbocycles. The number of carbonyl (C=O) groups is 1. The second-order valence-electron chi connectivity index (χ2n) is 4.27. The highest BCUT2D eigenvalue weighted by Gasteiger charge is 2.07. The highest BCUT2D eigenvalue weighted by Crippen LogP contribution is 2.25. The van der Waals surface area contributed by atoms with Crippen LogP contribution in [0.1, 0.15) is 12.1 Å². The molecule has 2 aromatic rings. The number of carbonyl (C=O) groups excluding carboxylic acids is 1. The number of halogens is 2. The minimum absolute atomic E-state index is 0.113. The normalized spacial score (nSPS) is 10.4. The number of nitrogens with zero attached hydrogens (tertiary/aromatic N) is 2. The van der Waals surface area contributed by atoms with Gasteiger partial charge >= 0.3 is 0 Å². The zero-order valence-corrected chi connectivity index (χ0v) is 13.6. The van der Waals surface area contributed by atoms with Gasteiger partial charge in [-0.05, 0) is 31.2 Å². The SMILES string of the molecule is Cc1cc(SCCC(=O)Nc2cc(Cl)ccc2Cl)ncn1. The Morgan fingerprint density at radius 1 is 1.29 bits per heavy atom. The van der Waals surface area contributed by atoms with Crippen molar-refractivity contribution in [3.05, 3.63) is 46.3 Å². The van der Waals surface area contributed by atoms with Gasteiger partial charge in [0.2, 0.25) is 5.91 Å². The van der Waals surface area contributed by atoms with Crippen LogP contribution in [-0.4, -0.2) is 21.6 Å². The summed E-state index contributed by atoms with van der Waals surface area (Å²) in [5, 5.41) is 4.60. The zero-order chi connectivity index (χ0) is 15.2. The van der Waals surface area contributed by atoms with Crippen LogP contribution in [0.2, 0.25) is 10.0 Å². The average Bonchev–Trinajstić information content (AvgIpc) is 2.43. The van der Waals surface area contributed by atoms with E-state index in [1.807, 2.05) is 13.0 Å². The lowest BCUT2D eigenvalue weighted by Crippen LogP contribution is -2.12. The van der Waals surface area contributed by atoms with Crippen molar-refractivity contribution in [2.75, 3.05) is 11.1 Å². The summed E-state index contributed by atoms with van der Waals surface area (Å²) in [6.07, 6.45) is 1.88. The summed E-state index contributed by atoms with van der Waals surface area (Å²) in [7, 11) is 0. The first kappa shape index (κ1) is 16.1. The maximum absolute atomic E-state index is 11.9. The quantitative estimate of drug-likeness (QED) is 0.653. The second-order valence-corrected chi connectivity index (χ2v) is 6.23. The number of nitrogens with one attached hydrogen (secondary N) is 1. The van der Waals surface area contributed by atoms with Crippen LogP contribution in [0.15, 0.2) is 35.6 Å². The van der Waals surface area contributed by atoms with Gasteiger partial charge < -0.3 is 5.32 Å². The zero-order valence-electron chi connectivity index (χ0n) is 11.3. The lowest BCUT2D eigenvalue weighted by atomic mass is 10.3. The van der Waals surface area contributed by atoms with E-state index in [9.17, 15) is 4.79 Å². The van der Waals surface area contributed by atoms with Crippen LogP contribution in [-0.2, 0) is 4.79 Å². The minimum atomic E-state index is -0.113. The first-order chi connectivity index (χ1) is 10.0. The van der Waals surface area contributed by atoms with Crippen LogP contribution < -0.4 is 5.32 Å². The van der Waals surface area contributed by atoms with E-state index in [1.54, 1.807) is 18.2 Å². The van der Waals surface area contributed by atoms with Gasteiger partial charge in [-0.25, -0.2) is 9.97 Å². The molecular weight excluding hydrogens is 329 g/mol. The van der Waals surface area contributed by atoms with Gasteiger partial charge in [0.15, 0.2) is 0 Å². The number of thioether (sulfide) groups is 1. The fourth-order valence-corrected chi connectivity index (χ4v) is 2.77. The molecule has 4 nitrogen and oxygen atoms in total. The summed E-state index contributed by atoms with van der Waals surface area (Å²) in [5.41, 5.74) is 1.43. The highest BCUT2D eigenvalue weighted by molar-refractivity contribution is 7.99. The lowest BCUT2D eigenvalue weighted by Gasteiger charge is -2.07. The van der Waals surface area contributed by atoms with Gasteiger partial charge in [-0.3, -0.25) is 4.79 Å². The molecule has 110 valence electrons.